The van der Waals surface area contributed by atoms with Crippen LogP contribution in [0.3, 0.4) is 0 Å². The van der Waals surface area contributed by atoms with Crippen molar-refractivity contribution in [3.05, 3.63) is 0 Å². The molecule has 0 aliphatic rings. The monoisotopic (exact) mass is 187 g/mol. The Hall–Kier alpha value is -0.0800. The predicted octanol–water partition coefficient (Wildman–Crippen LogP) is 1.98. The fraction of sp³-hybridized carbons (Fsp3) is 1.00. The first kappa shape index (κ1) is 12.9. The lowest BCUT2D eigenvalue weighted by atomic mass is 10.1. The van der Waals surface area contributed by atoms with E-state index in [0.29, 0.717) is 11.8 Å². The minimum Gasteiger partial charge on any atom is -0.392 e. The Balaban J connectivity index is 3.87. The summed E-state index contributed by atoms with van der Waals surface area (Å²) in [5.41, 5.74) is 0. The Morgan fingerprint density at radius 1 is 0.846 bits per heavy atom. The smallest absolute Gasteiger partial charge is 0.0639 e. The minimum absolute atomic E-state index is 0.211. The van der Waals surface area contributed by atoms with Crippen molar-refractivity contribution in [1.82, 2.24) is 4.90 Å². The highest BCUT2D eigenvalue weighted by atomic mass is 16.3. The minimum atomic E-state index is -0.211. The molecule has 0 aliphatic heterocycles. The van der Waals surface area contributed by atoms with Gasteiger partial charge in [0.25, 0.3) is 0 Å². The van der Waals surface area contributed by atoms with Crippen molar-refractivity contribution in [2.45, 2.75) is 40.7 Å². The van der Waals surface area contributed by atoms with Crippen LogP contribution in [0.1, 0.15) is 34.6 Å². The van der Waals surface area contributed by atoms with Gasteiger partial charge in [0, 0.05) is 19.6 Å². The summed E-state index contributed by atoms with van der Waals surface area (Å²) in [5, 5.41) is 9.31. The summed E-state index contributed by atoms with van der Waals surface area (Å²) < 4.78 is 0. The van der Waals surface area contributed by atoms with Crippen molar-refractivity contribution >= 4 is 0 Å². The van der Waals surface area contributed by atoms with Gasteiger partial charge in [-0.1, -0.05) is 27.7 Å². The van der Waals surface area contributed by atoms with E-state index in [1.807, 2.05) is 6.92 Å². The molecule has 1 atom stereocenters. The van der Waals surface area contributed by atoms with Crippen LogP contribution in [-0.4, -0.2) is 35.7 Å². The second-order valence-electron chi connectivity index (χ2n) is 4.86. The maximum Gasteiger partial charge on any atom is 0.0639 e. The summed E-state index contributed by atoms with van der Waals surface area (Å²) in [6, 6.07) is 0. The van der Waals surface area contributed by atoms with Gasteiger partial charge in [0.2, 0.25) is 0 Å². The van der Waals surface area contributed by atoms with Gasteiger partial charge in [-0.05, 0) is 18.8 Å². The molecule has 0 rings (SSSR count). The van der Waals surface area contributed by atoms with E-state index in [9.17, 15) is 5.11 Å². The Kier molecular flexibility index (Phi) is 6.35. The third-order valence-corrected chi connectivity index (χ3v) is 1.77. The predicted molar refractivity (Wildman–Crippen MR) is 57.8 cm³/mol. The Morgan fingerprint density at radius 2 is 1.23 bits per heavy atom. The number of nitrogens with zero attached hydrogens (tertiary/aromatic N) is 1. The first-order valence-electron chi connectivity index (χ1n) is 5.32. The van der Waals surface area contributed by atoms with E-state index in [4.69, 9.17) is 0 Å². The lowest BCUT2D eigenvalue weighted by Gasteiger charge is -2.27. The molecule has 0 aromatic rings. The van der Waals surface area contributed by atoms with Crippen molar-refractivity contribution in [2.24, 2.45) is 11.8 Å². The van der Waals surface area contributed by atoms with Gasteiger partial charge in [-0.2, -0.15) is 0 Å². The van der Waals surface area contributed by atoms with E-state index in [-0.39, 0.29) is 6.10 Å². The Morgan fingerprint density at radius 3 is 1.46 bits per heavy atom. The molecule has 0 saturated carbocycles. The van der Waals surface area contributed by atoms with Crippen molar-refractivity contribution < 1.29 is 5.11 Å². The molecule has 0 aliphatic carbocycles. The normalized spacial score (nSPS) is 14.5. The second kappa shape index (κ2) is 6.39. The molecule has 13 heavy (non-hydrogen) atoms. The lowest BCUT2D eigenvalue weighted by Crippen LogP contribution is -2.36. The summed E-state index contributed by atoms with van der Waals surface area (Å²) in [4.78, 5) is 2.35. The highest BCUT2D eigenvalue weighted by Gasteiger charge is 2.11. The Labute approximate surface area is 82.9 Å². The number of aliphatic hydroxyl groups excluding tert-OH is 1. The fourth-order valence-electron chi connectivity index (χ4n) is 1.63. The molecule has 0 aromatic carbocycles. The number of hydrogen-bond donors (Lipinski definition) is 1. The topological polar surface area (TPSA) is 23.5 Å². The van der Waals surface area contributed by atoms with E-state index in [1.54, 1.807) is 0 Å². The van der Waals surface area contributed by atoms with Crippen molar-refractivity contribution in [2.75, 3.05) is 19.6 Å². The van der Waals surface area contributed by atoms with Gasteiger partial charge in [0.05, 0.1) is 6.10 Å². The maximum atomic E-state index is 9.31. The summed E-state index contributed by atoms with van der Waals surface area (Å²) in [6.07, 6.45) is -0.211. The van der Waals surface area contributed by atoms with Gasteiger partial charge in [-0.3, -0.25) is 0 Å². The molecule has 80 valence electrons. The summed E-state index contributed by atoms with van der Waals surface area (Å²) >= 11 is 0. The van der Waals surface area contributed by atoms with E-state index in [0.717, 1.165) is 19.6 Å². The molecule has 1 N–H and O–H groups in total. The first-order chi connectivity index (χ1) is 5.91. The second-order valence-corrected chi connectivity index (χ2v) is 4.86. The van der Waals surface area contributed by atoms with Crippen LogP contribution < -0.4 is 0 Å². The number of rotatable bonds is 6. The van der Waals surface area contributed by atoms with Gasteiger partial charge < -0.3 is 10.0 Å². The average molecular weight is 187 g/mol. The van der Waals surface area contributed by atoms with Gasteiger partial charge in [-0.25, -0.2) is 0 Å². The quantitative estimate of drug-likeness (QED) is 0.687. The van der Waals surface area contributed by atoms with Crippen LogP contribution in [0.2, 0.25) is 0 Å². The van der Waals surface area contributed by atoms with Crippen LogP contribution in [0, 0.1) is 11.8 Å². The third-order valence-electron chi connectivity index (χ3n) is 1.77. The molecule has 0 fully saturated rings. The zero-order chi connectivity index (χ0) is 10.4. The van der Waals surface area contributed by atoms with Gasteiger partial charge >= 0.3 is 0 Å². The molecule has 0 heterocycles. The zero-order valence-electron chi connectivity index (χ0n) is 9.75. The highest BCUT2D eigenvalue weighted by molar-refractivity contribution is 4.64. The summed E-state index contributed by atoms with van der Waals surface area (Å²) in [5.74, 6) is 1.36. The van der Waals surface area contributed by atoms with E-state index >= 15 is 0 Å². The average Bonchev–Trinajstić information content (AvgIpc) is 1.80. The number of aliphatic hydroxyl groups is 1. The molecule has 0 saturated heterocycles. The van der Waals surface area contributed by atoms with E-state index in [2.05, 4.69) is 32.6 Å². The molecule has 0 spiro atoms. The molecule has 2 nitrogen and oxygen atoms in total. The summed E-state index contributed by atoms with van der Waals surface area (Å²) in [6.45, 7) is 13.7. The van der Waals surface area contributed by atoms with Crippen molar-refractivity contribution in [3.8, 4) is 0 Å². The Bertz CT molecular complexity index is 97.5. The summed E-state index contributed by atoms with van der Waals surface area (Å²) in [7, 11) is 0. The van der Waals surface area contributed by atoms with Crippen LogP contribution in [0.5, 0.6) is 0 Å². The van der Waals surface area contributed by atoms with Gasteiger partial charge in [0.15, 0.2) is 0 Å². The molecule has 0 unspecified atom stereocenters. The SMILES string of the molecule is CC(C)CN(CC(C)C)C[C@H](C)O. The standard InChI is InChI=1S/C11H25NO/c1-9(2)6-12(7-10(3)4)8-11(5)13/h9-11,13H,6-8H2,1-5H3/t11-/m0/s1. The van der Waals surface area contributed by atoms with Crippen molar-refractivity contribution in [3.63, 3.8) is 0 Å². The number of hydrogen-bond acceptors (Lipinski definition) is 2. The van der Waals surface area contributed by atoms with Crippen LogP contribution in [0.4, 0.5) is 0 Å². The van der Waals surface area contributed by atoms with Crippen molar-refractivity contribution in [1.29, 1.82) is 0 Å². The largest absolute Gasteiger partial charge is 0.392 e. The molecular weight excluding hydrogens is 162 g/mol. The molecule has 0 amide bonds. The molecule has 0 bridgehead atoms. The maximum absolute atomic E-state index is 9.31. The van der Waals surface area contributed by atoms with E-state index in [1.165, 1.54) is 0 Å². The molecule has 2 heteroatoms. The van der Waals surface area contributed by atoms with E-state index < -0.39 is 0 Å². The fourth-order valence-corrected chi connectivity index (χ4v) is 1.63. The lowest BCUT2D eigenvalue weighted by molar-refractivity contribution is 0.111. The van der Waals surface area contributed by atoms with Crippen LogP contribution in [0.25, 0.3) is 0 Å². The van der Waals surface area contributed by atoms with Gasteiger partial charge in [0.1, 0.15) is 0 Å². The molecule has 0 aromatic heterocycles. The zero-order valence-corrected chi connectivity index (χ0v) is 9.75. The van der Waals surface area contributed by atoms with Gasteiger partial charge in [-0.15, -0.1) is 0 Å². The van der Waals surface area contributed by atoms with Crippen LogP contribution in [-0.2, 0) is 0 Å². The first-order valence-corrected chi connectivity index (χ1v) is 5.32. The molecule has 0 radical (unpaired) electrons. The van der Waals surface area contributed by atoms with Crippen LogP contribution >= 0.6 is 0 Å². The van der Waals surface area contributed by atoms with Crippen LogP contribution in [0.15, 0.2) is 0 Å². The third kappa shape index (κ3) is 8.26. The highest BCUT2D eigenvalue weighted by Crippen LogP contribution is 2.04. The molecular formula is C11H25NO.